The lowest BCUT2D eigenvalue weighted by Gasteiger charge is -2.11. The molecular formula is C18H16N4O. The van der Waals surface area contributed by atoms with Crippen LogP contribution in [-0.4, -0.2) is 21.6 Å². The van der Waals surface area contributed by atoms with E-state index < -0.39 is 0 Å². The van der Waals surface area contributed by atoms with E-state index in [9.17, 15) is 4.79 Å². The van der Waals surface area contributed by atoms with Gasteiger partial charge in [-0.05, 0) is 31.0 Å². The minimum atomic E-state index is -0.231. The topological polar surface area (TPSA) is 61.4 Å². The second-order valence-electron chi connectivity index (χ2n) is 5.71. The number of aromatic amines is 1. The van der Waals surface area contributed by atoms with Crippen molar-refractivity contribution < 1.29 is 4.79 Å². The molecule has 114 valence electrons. The van der Waals surface area contributed by atoms with Crippen molar-refractivity contribution in [3.05, 3.63) is 60.2 Å². The van der Waals surface area contributed by atoms with Crippen molar-refractivity contribution in [1.29, 1.82) is 0 Å². The average molecular weight is 304 g/mol. The first-order valence-electron chi connectivity index (χ1n) is 7.60. The molecule has 5 heteroatoms. The van der Waals surface area contributed by atoms with Crippen LogP contribution in [0.2, 0.25) is 0 Å². The van der Waals surface area contributed by atoms with Crippen LogP contribution in [0.4, 0.5) is 5.95 Å². The lowest BCUT2D eigenvalue weighted by atomic mass is 9.95. The maximum Gasteiger partial charge on any atom is 0.259 e. The maximum absolute atomic E-state index is 12.7. The number of nitrogens with zero attached hydrogens (tertiary/aromatic N) is 3. The van der Waals surface area contributed by atoms with Crippen molar-refractivity contribution in [2.24, 2.45) is 11.0 Å². The number of aromatic nitrogens is 2. The highest BCUT2D eigenvalue weighted by atomic mass is 16.2. The van der Waals surface area contributed by atoms with E-state index >= 15 is 0 Å². The molecule has 0 fully saturated rings. The third-order valence-electron chi connectivity index (χ3n) is 4.13. The Morgan fingerprint density at radius 1 is 1.09 bits per heavy atom. The van der Waals surface area contributed by atoms with E-state index in [1.807, 2.05) is 61.5 Å². The monoisotopic (exact) mass is 304 g/mol. The van der Waals surface area contributed by atoms with Crippen LogP contribution in [0.5, 0.6) is 0 Å². The molecule has 1 aromatic heterocycles. The van der Waals surface area contributed by atoms with Crippen LogP contribution in [0.25, 0.3) is 11.0 Å². The summed E-state index contributed by atoms with van der Waals surface area (Å²) in [5.41, 5.74) is 3.68. The number of fused-ring (bicyclic) bond motifs is 1. The van der Waals surface area contributed by atoms with Crippen LogP contribution < -0.4 is 5.01 Å². The predicted molar refractivity (Wildman–Crippen MR) is 90.3 cm³/mol. The van der Waals surface area contributed by atoms with Crippen LogP contribution in [0.1, 0.15) is 12.5 Å². The zero-order chi connectivity index (χ0) is 15.8. The van der Waals surface area contributed by atoms with Gasteiger partial charge >= 0.3 is 0 Å². The smallest absolute Gasteiger partial charge is 0.259 e. The summed E-state index contributed by atoms with van der Waals surface area (Å²) in [7, 11) is 0. The quantitative estimate of drug-likeness (QED) is 0.808. The second-order valence-corrected chi connectivity index (χ2v) is 5.71. The third-order valence-corrected chi connectivity index (χ3v) is 4.13. The van der Waals surface area contributed by atoms with Crippen molar-refractivity contribution in [1.82, 2.24) is 9.97 Å². The molecule has 2 heterocycles. The number of carbonyl (C=O) groups is 1. The molecular weight excluding hydrogens is 288 g/mol. The number of benzene rings is 2. The first-order chi connectivity index (χ1) is 11.2. The SMILES string of the molecule is CC1=NN(c2nc3ccccc3[nH]2)C(=O)[C@@H]1Cc1ccccc1. The number of rotatable bonds is 3. The first-order valence-corrected chi connectivity index (χ1v) is 7.60. The van der Waals surface area contributed by atoms with Crippen LogP contribution in [0, 0.1) is 5.92 Å². The maximum atomic E-state index is 12.7. The first kappa shape index (κ1) is 13.7. The number of hydrogen-bond donors (Lipinski definition) is 1. The van der Waals surface area contributed by atoms with Crippen molar-refractivity contribution in [3.63, 3.8) is 0 Å². The van der Waals surface area contributed by atoms with E-state index in [1.165, 1.54) is 5.01 Å². The molecule has 1 aliphatic heterocycles. The summed E-state index contributed by atoms with van der Waals surface area (Å²) >= 11 is 0. The highest BCUT2D eigenvalue weighted by Crippen LogP contribution is 2.26. The molecule has 0 saturated carbocycles. The summed E-state index contributed by atoms with van der Waals surface area (Å²) in [4.78, 5) is 20.4. The Morgan fingerprint density at radius 2 is 1.83 bits per heavy atom. The molecule has 1 N–H and O–H groups in total. The normalized spacial score (nSPS) is 17.8. The number of hydrogen-bond acceptors (Lipinski definition) is 3. The van der Waals surface area contributed by atoms with Gasteiger partial charge in [-0.1, -0.05) is 42.5 Å². The lowest BCUT2D eigenvalue weighted by molar-refractivity contribution is -0.119. The van der Waals surface area contributed by atoms with Gasteiger partial charge in [0.25, 0.3) is 5.91 Å². The lowest BCUT2D eigenvalue weighted by Crippen LogP contribution is -2.29. The Bertz CT molecular complexity index is 865. The highest BCUT2D eigenvalue weighted by Gasteiger charge is 2.35. The fourth-order valence-corrected chi connectivity index (χ4v) is 2.88. The van der Waals surface area contributed by atoms with Gasteiger partial charge in [-0.3, -0.25) is 4.79 Å². The van der Waals surface area contributed by atoms with Gasteiger partial charge in [0.05, 0.1) is 17.0 Å². The van der Waals surface area contributed by atoms with Crippen molar-refractivity contribution >= 4 is 28.6 Å². The fourth-order valence-electron chi connectivity index (χ4n) is 2.88. The largest absolute Gasteiger partial charge is 0.322 e. The van der Waals surface area contributed by atoms with E-state index in [4.69, 9.17) is 0 Å². The molecule has 0 aliphatic carbocycles. The van der Waals surface area contributed by atoms with E-state index in [-0.39, 0.29) is 11.8 Å². The van der Waals surface area contributed by atoms with Gasteiger partial charge in [-0.2, -0.15) is 10.1 Å². The van der Waals surface area contributed by atoms with Gasteiger partial charge in [0.2, 0.25) is 5.95 Å². The van der Waals surface area contributed by atoms with Gasteiger partial charge in [0.15, 0.2) is 0 Å². The number of imidazole rings is 1. The number of hydrazone groups is 1. The molecule has 1 aliphatic rings. The number of anilines is 1. The van der Waals surface area contributed by atoms with E-state index in [2.05, 4.69) is 15.1 Å². The van der Waals surface area contributed by atoms with Crippen LogP contribution in [-0.2, 0) is 11.2 Å². The number of nitrogens with one attached hydrogen (secondary N) is 1. The summed E-state index contributed by atoms with van der Waals surface area (Å²) in [6.07, 6.45) is 0.658. The minimum Gasteiger partial charge on any atom is -0.322 e. The number of H-pyrrole nitrogens is 1. The molecule has 0 bridgehead atoms. The molecule has 0 spiro atoms. The highest BCUT2D eigenvalue weighted by molar-refractivity contribution is 6.14. The summed E-state index contributed by atoms with van der Waals surface area (Å²) in [6, 6.07) is 17.7. The molecule has 4 rings (SSSR count). The minimum absolute atomic E-state index is 0.0367. The molecule has 0 radical (unpaired) electrons. The Balaban J connectivity index is 1.63. The molecule has 5 nitrogen and oxygen atoms in total. The summed E-state index contributed by atoms with van der Waals surface area (Å²) < 4.78 is 0. The van der Waals surface area contributed by atoms with Crippen LogP contribution in [0.3, 0.4) is 0 Å². The fraction of sp³-hybridized carbons (Fsp3) is 0.167. The number of carbonyl (C=O) groups excluding carboxylic acids is 1. The standard InChI is InChI=1S/C18H16N4O/c1-12-14(11-13-7-3-2-4-8-13)17(23)22(21-12)18-19-15-9-5-6-10-16(15)20-18/h2-10,14H,11H2,1H3,(H,19,20)/t14-/m1/s1. The van der Waals surface area contributed by atoms with E-state index in [0.717, 1.165) is 22.3 Å². The van der Waals surface area contributed by atoms with Crippen LogP contribution in [0.15, 0.2) is 59.7 Å². The van der Waals surface area contributed by atoms with Gasteiger partial charge in [-0.15, -0.1) is 0 Å². The molecule has 1 amide bonds. The zero-order valence-corrected chi connectivity index (χ0v) is 12.7. The van der Waals surface area contributed by atoms with Crippen LogP contribution >= 0.6 is 0 Å². The molecule has 3 aromatic rings. The van der Waals surface area contributed by atoms with Gasteiger partial charge in [0, 0.05) is 5.71 Å². The molecule has 0 saturated heterocycles. The van der Waals surface area contributed by atoms with Crippen molar-refractivity contribution in [3.8, 4) is 0 Å². The molecule has 1 atom stereocenters. The van der Waals surface area contributed by atoms with Gasteiger partial charge in [-0.25, -0.2) is 4.98 Å². The Hall–Kier alpha value is -2.95. The summed E-state index contributed by atoms with van der Waals surface area (Å²) in [6.45, 7) is 1.90. The Labute approximate surface area is 133 Å². The van der Waals surface area contributed by atoms with Crippen molar-refractivity contribution in [2.45, 2.75) is 13.3 Å². The van der Waals surface area contributed by atoms with E-state index in [0.29, 0.717) is 12.4 Å². The predicted octanol–water partition coefficient (Wildman–Crippen LogP) is 3.14. The third kappa shape index (κ3) is 2.40. The number of amides is 1. The van der Waals surface area contributed by atoms with Gasteiger partial charge < -0.3 is 4.98 Å². The Morgan fingerprint density at radius 3 is 2.61 bits per heavy atom. The summed E-state index contributed by atoms with van der Waals surface area (Å²) in [5, 5.41) is 5.81. The molecule has 23 heavy (non-hydrogen) atoms. The van der Waals surface area contributed by atoms with Crippen molar-refractivity contribution in [2.75, 3.05) is 5.01 Å². The van der Waals surface area contributed by atoms with Gasteiger partial charge in [0.1, 0.15) is 0 Å². The summed E-state index contributed by atoms with van der Waals surface area (Å²) in [5.74, 6) is 0.210. The average Bonchev–Trinajstić information content (AvgIpc) is 3.12. The Kier molecular flexibility index (Phi) is 3.19. The van der Waals surface area contributed by atoms with E-state index in [1.54, 1.807) is 0 Å². The molecule has 0 unspecified atom stereocenters. The molecule has 2 aromatic carbocycles. The number of para-hydroxylation sites is 2. The zero-order valence-electron chi connectivity index (χ0n) is 12.7. The second kappa shape index (κ2) is 5.35.